The number of aromatic nitrogens is 1. The average molecular weight is 298 g/mol. The van der Waals surface area contributed by atoms with Crippen molar-refractivity contribution >= 4 is 51.1 Å². The number of fused-ring (bicyclic) bond motifs is 1. The lowest BCUT2D eigenvalue weighted by Gasteiger charge is -2.09. The molecule has 0 bridgehead atoms. The molecule has 0 fully saturated rings. The smallest absolute Gasteiger partial charge is 0.0909 e. The topological polar surface area (TPSA) is 12.9 Å². The first-order valence-corrected chi connectivity index (χ1v) is 7.51. The molecule has 0 spiro atoms. The van der Waals surface area contributed by atoms with Crippen molar-refractivity contribution < 1.29 is 0 Å². The van der Waals surface area contributed by atoms with E-state index in [0.717, 1.165) is 19.9 Å². The SMILES string of the molecule is Cc1nc2c(s1)SC(=S)C2c1ccc(Cl)cc1. The van der Waals surface area contributed by atoms with Crippen LogP contribution in [0.2, 0.25) is 5.02 Å². The van der Waals surface area contributed by atoms with Gasteiger partial charge in [-0.3, -0.25) is 0 Å². The molecule has 17 heavy (non-hydrogen) atoms. The molecule has 2 aromatic rings. The third-order valence-corrected chi connectivity index (χ3v) is 5.48. The zero-order valence-electron chi connectivity index (χ0n) is 8.94. The van der Waals surface area contributed by atoms with Crippen LogP contribution in [-0.4, -0.2) is 9.18 Å². The van der Waals surface area contributed by atoms with Gasteiger partial charge in [0.05, 0.1) is 25.0 Å². The van der Waals surface area contributed by atoms with Crippen molar-refractivity contribution in [3.63, 3.8) is 0 Å². The minimum absolute atomic E-state index is 0.146. The number of benzene rings is 1. The van der Waals surface area contributed by atoms with E-state index in [1.807, 2.05) is 31.2 Å². The quantitative estimate of drug-likeness (QED) is 0.710. The van der Waals surface area contributed by atoms with Crippen LogP contribution in [-0.2, 0) is 0 Å². The monoisotopic (exact) mass is 297 g/mol. The summed E-state index contributed by atoms with van der Waals surface area (Å²) in [6.07, 6.45) is 0. The summed E-state index contributed by atoms with van der Waals surface area (Å²) in [5, 5.41) is 1.85. The van der Waals surface area contributed by atoms with Crippen LogP contribution in [0.25, 0.3) is 0 Å². The van der Waals surface area contributed by atoms with Crippen LogP contribution in [0.1, 0.15) is 22.2 Å². The van der Waals surface area contributed by atoms with E-state index in [9.17, 15) is 0 Å². The number of thioether (sulfide) groups is 1. The Kier molecular flexibility index (Phi) is 2.99. The second kappa shape index (κ2) is 4.35. The van der Waals surface area contributed by atoms with E-state index in [1.165, 1.54) is 9.77 Å². The van der Waals surface area contributed by atoms with Gasteiger partial charge in [-0.15, -0.1) is 11.3 Å². The Morgan fingerprint density at radius 3 is 2.71 bits per heavy atom. The van der Waals surface area contributed by atoms with Crippen LogP contribution in [0, 0.1) is 6.92 Å². The van der Waals surface area contributed by atoms with Crippen LogP contribution in [0.3, 0.4) is 0 Å². The Balaban J connectivity index is 2.08. The maximum absolute atomic E-state index is 5.91. The van der Waals surface area contributed by atoms with Crippen molar-refractivity contribution in [1.82, 2.24) is 4.98 Å². The first kappa shape index (κ1) is 11.7. The number of thiocarbonyl (C=S) groups is 1. The third kappa shape index (κ3) is 2.03. The molecule has 1 unspecified atom stereocenters. The normalized spacial score (nSPS) is 18.5. The Labute approximate surface area is 118 Å². The molecule has 1 aliphatic heterocycles. The summed E-state index contributed by atoms with van der Waals surface area (Å²) >= 11 is 14.8. The van der Waals surface area contributed by atoms with Gasteiger partial charge in [0.15, 0.2) is 0 Å². The van der Waals surface area contributed by atoms with Gasteiger partial charge in [-0.05, 0) is 24.6 Å². The molecule has 1 aromatic carbocycles. The fourth-order valence-corrected chi connectivity index (χ4v) is 4.97. The van der Waals surface area contributed by atoms with Crippen LogP contribution in [0.4, 0.5) is 0 Å². The molecule has 0 aliphatic carbocycles. The summed E-state index contributed by atoms with van der Waals surface area (Å²) < 4.78 is 2.23. The average Bonchev–Trinajstić information content (AvgIpc) is 2.75. The highest BCUT2D eigenvalue weighted by Crippen LogP contribution is 2.47. The number of aryl methyl sites for hydroxylation is 1. The van der Waals surface area contributed by atoms with Crippen molar-refractivity contribution in [2.24, 2.45) is 0 Å². The van der Waals surface area contributed by atoms with Gasteiger partial charge in [-0.2, -0.15) is 0 Å². The van der Waals surface area contributed by atoms with Gasteiger partial charge in [0.2, 0.25) is 0 Å². The zero-order valence-corrected chi connectivity index (χ0v) is 12.1. The molecule has 0 N–H and O–H groups in total. The van der Waals surface area contributed by atoms with E-state index in [4.69, 9.17) is 23.8 Å². The van der Waals surface area contributed by atoms with Crippen molar-refractivity contribution in [1.29, 1.82) is 0 Å². The summed E-state index contributed by atoms with van der Waals surface area (Å²) in [5.74, 6) is 0.146. The van der Waals surface area contributed by atoms with Crippen molar-refractivity contribution in [2.45, 2.75) is 17.1 Å². The predicted molar refractivity (Wildman–Crippen MR) is 78.6 cm³/mol. The lowest BCUT2D eigenvalue weighted by Crippen LogP contribution is -2.04. The van der Waals surface area contributed by atoms with Gasteiger partial charge >= 0.3 is 0 Å². The molecule has 1 atom stereocenters. The minimum atomic E-state index is 0.146. The van der Waals surface area contributed by atoms with E-state index in [2.05, 4.69) is 4.98 Å². The Bertz CT molecular complexity index is 588. The molecule has 0 amide bonds. The van der Waals surface area contributed by atoms with Gasteiger partial charge in [-0.1, -0.05) is 47.7 Å². The standard InChI is InChI=1S/C12H8ClNS3/c1-6-14-10-9(11(15)17-12(10)16-6)7-2-4-8(13)5-3-7/h2-5,9H,1H3. The Morgan fingerprint density at radius 2 is 2.00 bits per heavy atom. The molecule has 3 rings (SSSR count). The number of hydrogen-bond acceptors (Lipinski definition) is 4. The second-order valence-electron chi connectivity index (χ2n) is 3.81. The van der Waals surface area contributed by atoms with Crippen LogP contribution in [0.5, 0.6) is 0 Å². The van der Waals surface area contributed by atoms with Crippen LogP contribution >= 0.6 is 46.9 Å². The molecule has 2 heterocycles. The lowest BCUT2D eigenvalue weighted by atomic mass is 9.99. The molecule has 86 valence electrons. The van der Waals surface area contributed by atoms with E-state index >= 15 is 0 Å². The number of hydrogen-bond donors (Lipinski definition) is 0. The third-order valence-electron chi connectivity index (χ3n) is 2.63. The largest absolute Gasteiger partial charge is 0.244 e. The van der Waals surface area contributed by atoms with Gasteiger partial charge in [0, 0.05) is 5.02 Å². The fraction of sp³-hybridized carbons (Fsp3) is 0.167. The summed E-state index contributed by atoms with van der Waals surface area (Å²) in [5.41, 5.74) is 2.29. The van der Waals surface area contributed by atoms with E-state index < -0.39 is 0 Å². The molecule has 1 aliphatic rings. The van der Waals surface area contributed by atoms with Crippen molar-refractivity contribution in [3.8, 4) is 0 Å². The molecular formula is C12H8ClNS3. The van der Waals surface area contributed by atoms with Crippen molar-refractivity contribution in [3.05, 3.63) is 45.6 Å². The Hall–Kier alpha value is -0.420. The number of halogens is 1. The van der Waals surface area contributed by atoms with Gasteiger partial charge in [-0.25, -0.2) is 4.98 Å². The molecule has 0 radical (unpaired) electrons. The molecule has 5 heteroatoms. The summed E-state index contributed by atoms with van der Waals surface area (Å²) in [6.45, 7) is 2.03. The predicted octanol–water partition coefficient (Wildman–Crippen LogP) is 4.67. The Morgan fingerprint density at radius 1 is 1.29 bits per heavy atom. The van der Waals surface area contributed by atoms with Gasteiger partial charge in [0.1, 0.15) is 0 Å². The number of nitrogens with zero attached hydrogens (tertiary/aromatic N) is 1. The van der Waals surface area contributed by atoms with E-state index in [0.29, 0.717) is 0 Å². The van der Waals surface area contributed by atoms with E-state index in [-0.39, 0.29) is 5.92 Å². The highest BCUT2D eigenvalue weighted by Gasteiger charge is 2.33. The molecule has 0 saturated carbocycles. The molecule has 1 nitrogen and oxygen atoms in total. The minimum Gasteiger partial charge on any atom is -0.244 e. The summed E-state index contributed by atoms with van der Waals surface area (Å²) in [4.78, 5) is 4.60. The van der Waals surface area contributed by atoms with Gasteiger partial charge < -0.3 is 0 Å². The summed E-state index contributed by atoms with van der Waals surface area (Å²) in [6, 6.07) is 7.87. The maximum Gasteiger partial charge on any atom is 0.0909 e. The fourth-order valence-electron chi connectivity index (χ4n) is 1.89. The summed E-state index contributed by atoms with van der Waals surface area (Å²) in [7, 11) is 0. The molecule has 1 aromatic heterocycles. The molecule has 0 saturated heterocycles. The van der Waals surface area contributed by atoms with Crippen molar-refractivity contribution in [2.75, 3.05) is 0 Å². The maximum atomic E-state index is 5.91. The highest BCUT2D eigenvalue weighted by molar-refractivity contribution is 8.24. The first-order valence-electron chi connectivity index (χ1n) is 5.09. The van der Waals surface area contributed by atoms with E-state index in [1.54, 1.807) is 23.1 Å². The van der Waals surface area contributed by atoms with Gasteiger partial charge in [0.25, 0.3) is 0 Å². The number of rotatable bonds is 1. The second-order valence-corrected chi connectivity index (χ2v) is 7.46. The first-order chi connectivity index (χ1) is 8.15. The highest BCUT2D eigenvalue weighted by atomic mass is 35.5. The zero-order chi connectivity index (χ0) is 12.0. The lowest BCUT2D eigenvalue weighted by molar-refractivity contribution is 1.01. The molecular weight excluding hydrogens is 290 g/mol. The number of thiazole rings is 1. The van der Waals surface area contributed by atoms with Crippen LogP contribution in [0.15, 0.2) is 28.5 Å². The van der Waals surface area contributed by atoms with Crippen LogP contribution < -0.4 is 0 Å².